The summed E-state index contributed by atoms with van der Waals surface area (Å²) >= 11 is 0. The molecule has 0 radical (unpaired) electrons. The summed E-state index contributed by atoms with van der Waals surface area (Å²) in [5.41, 5.74) is 1.15. The van der Waals surface area contributed by atoms with E-state index in [1.807, 2.05) is 31.2 Å². The summed E-state index contributed by atoms with van der Waals surface area (Å²) in [4.78, 5) is 3.90. The average molecular weight is 295 g/mol. The first-order valence-electron chi connectivity index (χ1n) is 6.15. The van der Waals surface area contributed by atoms with Crippen molar-refractivity contribution in [2.45, 2.75) is 24.7 Å². The quantitative estimate of drug-likeness (QED) is 0.851. The summed E-state index contributed by atoms with van der Waals surface area (Å²) < 4.78 is 18.1. The van der Waals surface area contributed by atoms with Crippen LogP contribution in [0, 0.1) is 6.92 Å². The second-order valence-electron chi connectivity index (χ2n) is 4.48. The maximum atomic E-state index is 11.2. The molecule has 0 bridgehead atoms. The summed E-state index contributed by atoms with van der Waals surface area (Å²) in [6.45, 7) is 2.40. The van der Waals surface area contributed by atoms with Gasteiger partial charge in [0.1, 0.15) is 24.8 Å². The lowest BCUT2D eigenvalue weighted by molar-refractivity contribution is 0.0890. The van der Waals surface area contributed by atoms with Crippen LogP contribution in [0.1, 0.15) is 5.56 Å². The Hall–Kier alpha value is -1.73. The molecule has 6 nitrogen and oxygen atoms in total. The van der Waals surface area contributed by atoms with Crippen LogP contribution in [0.15, 0.2) is 35.7 Å². The molecule has 0 fully saturated rings. The van der Waals surface area contributed by atoms with Crippen LogP contribution < -0.4 is 4.74 Å². The van der Waals surface area contributed by atoms with Crippen molar-refractivity contribution in [3.63, 3.8) is 0 Å². The number of aliphatic hydroxyl groups is 1. The molecule has 20 heavy (non-hydrogen) atoms. The third-order valence-corrected chi connectivity index (χ3v) is 3.34. The standard InChI is InChI=1S/C13H17N3O3S/c1-10-3-5-12(6-4-10)19-8-11(17)7-16-9-14-13(15-16)20(2)18/h3-6,9,11,17H,7-8H2,1-2H3/t11-,20+/m0/s1. The highest BCUT2D eigenvalue weighted by Crippen LogP contribution is 2.11. The first kappa shape index (κ1) is 14.7. The second kappa shape index (κ2) is 6.62. The van der Waals surface area contributed by atoms with Crippen molar-refractivity contribution in [2.24, 2.45) is 0 Å². The van der Waals surface area contributed by atoms with Gasteiger partial charge in [0.05, 0.1) is 17.3 Å². The van der Waals surface area contributed by atoms with E-state index in [4.69, 9.17) is 4.74 Å². The fourth-order valence-corrected chi connectivity index (χ4v) is 2.01. The highest BCUT2D eigenvalue weighted by molar-refractivity contribution is 7.84. The Morgan fingerprint density at radius 2 is 2.10 bits per heavy atom. The van der Waals surface area contributed by atoms with Crippen LogP contribution in [-0.4, -0.2) is 43.0 Å². The van der Waals surface area contributed by atoms with Gasteiger partial charge in [0, 0.05) is 6.26 Å². The first-order chi connectivity index (χ1) is 9.54. The van der Waals surface area contributed by atoms with E-state index >= 15 is 0 Å². The third kappa shape index (κ3) is 4.14. The van der Waals surface area contributed by atoms with Gasteiger partial charge in [0.2, 0.25) is 5.16 Å². The number of aliphatic hydroxyl groups excluding tert-OH is 1. The summed E-state index contributed by atoms with van der Waals surface area (Å²) in [7, 11) is -1.21. The Morgan fingerprint density at radius 1 is 1.40 bits per heavy atom. The Kier molecular flexibility index (Phi) is 4.86. The van der Waals surface area contributed by atoms with Gasteiger partial charge >= 0.3 is 0 Å². The number of benzene rings is 1. The van der Waals surface area contributed by atoms with Crippen molar-refractivity contribution in [3.05, 3.63) is 36.2 Å². The molecule has 7 heteroatoms. The van der Waals surface area contributed by atoms with E-state index in [9.17, 15) is 9.32 Å². The second-order valence-corrected chi connectivity index (χ2v) is 5.75. The molecule has 1 aromatic heterocycles. The van der Waals surface area contributed by atoms with Crippen molar-refractivity contribution in [1.29, 1.82) is 0 Å². The largest absolute Gasteiger partial charge is 0.491 e. The molecular formula is C13H17N3O3S. The van der Waals surface area contributed by atoms with E-state index in [0.717, 1.165) is 5.56 Å². The van der Waals surface area contributed by atoms with Gasteiger partial charge in [-0.2, -0.15) is 0 Å². The van der Waals surface area contributed by atoms with E-state index in [0.29, 0.717) is 5.75 Å². The van der Waals surface area contributed by atoms with Crippen molar-refractivity contribution in [3.8, 4) is 5.75 Å². The van der Waals surface area contributed by atoms with Crippen LogP contribution in [0.2, 0.25) is 0 Å². The van der Waals surface area contributed by atoms with Gasteiger partial charge < -0.3 is 9.84 Å². The molecule has 0 saturated carbocycles. The minimum absolute atomic E-state index is 0.160. The van der Waals surface area contributed by atoms with E-state index in [-0.39, 0.29) is 18.3 Å². The molecule has 0 amide bonds. The number of nitrogens with zero attached hydrogens (tertiary/aromatic N) is 3. The molecule has 0 aliphatic carbocycles. The van der Waals surface area contributed by atoms with Crippen LogP contribution in [0.3, 0.4) is 0 Å². The number of aromatic nitrogens is 3. The zero-order chi connectivity index (χ0) is 14.5. The predicted molar refractivity (Wildman–Crippen MR) is 75.0 cm³/mol. The molecule has 1 heterocycles. The highest BCUT2D eigenvalue weighted by atomic mass is 32.2. The van der Waals surface area contributed by atoms with Gasteiger partial charge in [-0.15, -0.1) is 5.10 Å². The molecular weight excluding hydrogens is 278 g/mol. The van der Waals surface area contributed by atoms with Crippen LogP contribution in [0.5, 0.6) is 5.75 Å². The number of hydrogen-bond acceptors (Lipinski definition) is 5. The molecule has 0 saturated heterocycles. The molecule has 0 spiro atoms. The maximum Gasteiger partial charge on any atom is 0.238 e. The van der Waals surface area contributed by atoms with E-state index in [2.05, 4.69) is 10.1 Å². The normalized spacial score (nSPS) is 13.9. The van der Waals surface area contributed by atoms with Crippen LogP contribution >= 0.6 is 0 Å². The molecule has 2 aromatic rings. The summed E-state index contributed by atoms with van der Waals surface area (Å²) in [6.07, 6.45) is 2.25. The van der Waals surface area contributed by atoms with Gasteiger partial charge in [0.15, 0.2) is 0 Å². The molecule has 0 aliphatic heterocycles. The van der Waals surface area contributed by atoms with Gasteiger partial charge in [-0.25, -0.2) is 9.67 Å². The Bertz CT molecular complexity index is 583. The van der Waals surface area contributed by atoms with Crippen LogP contribution in [0.25, 0.3) is 0 Å². The molecule has 2 atom stereocenters. The van der Waals surface area contributed by atoms with E-state index in [1.54, 1.807) is 0 Å². The number of rotatable bonds is 6. The lowest BCUT2D eigenvalue weighted by Gasteiger charge is -2.12. The summed E-state index contributed by atoms with van der Waals surface area (Å²) in [5, 5.41) is 14.1. The van der Waals surface area contributed by atoms with Crippen molar-refractivity contribution in [2.75, 3.05) is 12.9 Å². The Morgan fingerprint density at radius 3 is 2.70 bits per heavy atom. The smallest absolute Gasteiger partial charge is 0.238 e. The maximum absolute atomic E-state index is 11.2. The zero-order valence-corrected chi connectivity index (χ0v) is 12.2. The van der Waals surface area contributed by atoms with Gasteiger partial charge in [-0.05, 0) is 19.1 Å². The lowest BCUT2D eigenvalue weighted by atomic mass is 10.2. The third-order valence-electron chi connectivity index (χ3n) is 2.63. The monoisotopic (exact) mass is 295 g/mol. The summed E-state index contributed by atoms with van der Waals surface area (Å²) in [5.74, 6) is 0.712. The molecule has 1 N–H and O–H groups in total. The summed E-state index contributed by atoms with van der Waals surface area (Å²) in [6, 6.07) is 7.61. The zero-order valence-electron chi connectivity index (χ0n) is 11.4. The van der Waals surface area contributed by atoms with E-state index < -0.39 is 16.9 Å². The van der Waals surface area contributed by atoms with Crippen molar-refractivity contribution >= 4 is 10.8 Å². The minimum Gasteiger partial charge on any atom is -0.491 e. The Labute approximate surface area is 119 Å². The van der Waals surface area contributed by atoms with Crippen molar-refractivity contribution < 1.29 is 14.1 Å². The Balaban J connectivity index is 1.84. The lowest BCUT2D eigenvalue weighted by Crippen LogP contribution is -2.24. The topological polar surface area (TPSA) is 77.2 Å². The van der Waals surface area contributed by atoms with Gasteiger partial charge in [-0.1, -0.05) is 17.7 Å². The van der Waals surface area contributed by atoms with Gasteiger partial charge in [0.25, 0.3) is 0 Å². The fraction of sp³-hybridized carbons (Fsp3) is 0.385. The van der Waals surface area contributed by atoms with Crippen LogP contribution in [0.4, 0.5) is 0 Å². The fourth-order valence-electron chi connectivity index (χ4n) is 1.59. The highest BCUT2D eigenvalue weighted by Gasteiger charge is 2.10. The minimum atomic E-state index is -1.21. The SMILES string of the molecule is Cc1ccc(OC[C@@H](O)Cn2cnc([S@@](C)=O)n2)cc1. The van der Waals surface area contributed by atoms with Crippen molar-refractivity contribution in [1.82, 2.24) is 14.8 Å². The van der Waals surface area contributed by atoms with Crippen LogP contribution in [-0.2, 0) is 17.3 Å². The molecule has 108 valence electrons. The number of ether oxygens (including phenoxy) is 1. The first-order valence-corrected chi connectivity index (χ1v) is 7.71. The van der Waals surface area contributed by atoms with Gasteiger partial charge in [-0.3, -0.25) is 4.21 Å². The number of aryl methyl sites for hydroxylation is 1. The predicted octanol–water partition coefficient (Wildman–Crippen LogP) is 0.764. The van der Waals surface area contributed by atoms with E-state index in [1.165, 1.54) is 17.3 Å². The molecule has 0 aliphatic rings. The molecule has 2 rings (SSSR count). The molecule has 0 unspecified atom stereocenters. The average Bonchev–Trinajstić information content (AvgIpc) is 2.87. The molecule has 1 aromatic carbocycles. The number of hydrogen-bond donors (Lipinski definition) is 1.